The minimum absolute atomic E-state index is 0.0153. The lowest BCUT2D eigenvalue weighted by molar-refractivity contribution is 0.0954. The van der Waals surface area contributed by atoms with Gasteiger partial charge in [-0.1, -0.05) is 11.6 Å². The van der Waals surface area contributed by atoms with E-state index in [1.54, 1.807) is 31.2 Å². The van der Waals surface area contributed by atoms with Gasteiger partial charge in [-0.15, -0.1) is 11.3 Å². The lowest BCUT2D eigenvalue weighted by Crippen LogP contribution is -2.22. The molecule has 0 unspecified atom stereocenters. The molecule has 1 amide bonds. The molecule has 3 rings (SSSR count). The van der Waals surface area contributed by atoms with E-state index >= 15 is 0 Å². The first kappa shape index (κ1) is 19.3. The molecule has 8 heteroatoms. The van der Waals surface area contributed by atoms with E-state index in [4.69, 9.17) is 16.3 Å². The van der Waals surface area contributed by atoms with E-state index in [-0.39, 0.29) is 19.1 Å². The summed E-state index contributed by atoms with van der Waals surface area (Å²) in [6.07, 6.45) is 0. The van der Waals surface area contributed by atoms with Crippen molar-refractivity contribution in [3.63, 3.8) is 0 Å². The number of hydrogen-bond acceptors (Lipinski definition) is 4. The zero-order valence-electron chi connectivity index (χ0n) is 14.3. The highest BCUT2D eigenvalue weighted by Gasteiger charge is 2.15. The maximum absolute atomic E-state index is 13.2. The highest BCUT2D eigenvalue weighted by atomic mass is 35.5. The van der Waals surface area contributed by atoms with Crippen LogP contribution < -0.4 is 10.1 Å². The molecule has 0 aliphatic heterocycles. The summed E-state index contributed by atoms with van der Waals surface area (Å²) in [5.41, 5.74) is 0.909. The molecular weight excluding hydrogens is 394 g/mol. The Labute approximate surface area is 163 Å². The normalized spacial score (nSPS) is 10.7. The fourth-order valence-corrected chi connectivity index (χ4v) is 3.40. The molecule has 0 fully saturated rings. The fraction of sp³-hybridized carbons (Fsp3) is 0.158. The fourth-order valence-electron chi connectivity index (χ4n) is 2.38. The van der Waals surface area contributed by atoms with Gasteiger partial charge >= 0.3 is 0 Å². The van der Waals surface area contributed by atoms with Crippen molar-refractivity contribution in [3.05, 3.63) is 80.3 Å². The molecule has 0 radical (unpaired) electrons. The van der Waals surface area contributed by atoms with Gasteiger partial charge in [-0.3, -0.25) is 4.79 Å². The Balaban J connectivity index is 1.61. The van der Waals surface area contributed by atoms with Crippen LogP contribution in [-0.2, 0) is 13.2 Å². The van der Waals surface area contributed by atoms with Crippen molar-refractivity contribution >= 4 is 28.8 Å². The Morgan fingerprint density at radius 2 is 1.85 bits per heavy atom. The average molecular weight is 409 g/mol. The maximum atomic E-state index is 13.2. The molecule has 0 aliphatic rings. The Bertz CT molecular complexity index is 941. The van der Waals surface area contributed by atoms with Crippen molar-refractivity contribution in [1.29, 1.82) is 0 Å². The van der Waals surface area contributed by atoms with Crippen molar-refractivity contribution in [1.82, 2.24) is 10.3 Å². The molecule has 140 valence electrons. The highest BCUT2D eigenvalue weighted by molar-refractivity contribution is 7.13. The second kappa shape index (κ2) is 8.45. The molecule has 1 aromatic heterocycles. The van der Waals surface area contributed by atoms with Gasteiger partial charge in [0.15, 0.2) is 0 Å². The highest BCUT2D eigenvalue weighted by Crippen LogP contribution is 2.21. The van der Waals surface area contributed by atoms with E-state index in [1.165, 1.54) is 23.5 Å². The van der Waals surface area contributed by atoms with E-state index in [1.807, 2.05) is 0 Å². The summed E-state index contributed by atoms with van der Waals surface area (Å²) in [6.45, 7) is 1.95. The number of rotatable bonds is 6. The molecule has 1 N–H and O–H groups in total. The lowest BCUT2D eigenvalue weighted by Gasteiger charge is -2.05. The Morgan fingerprint density at radius 1 is 1.19 bits per heavy atom. The molecule has 0 aliphatic carbocycles. The predicted octanol–water partition coefficient (Wildman–Crippen LogP) is 4.89. The Hall–Kier alpha value is -2.51. The number of aryl methyl sites for hydroxylation is 1. The second-order valence-corrected chi connectivity index (χ2v) is 7.25. The first-order valence-electron chi connectivity index (χ1n) is 7.98. The number of halogens is 3. The monoisotopic (exact) mass is 408 g/mol. The van der Waals surface area contributed by atoms with Crippen molar-refractivity contribution < 1.29 is 18.3 Å². The molecule has 1 heterocycles. The van der Waals surface area contributed by atoms with Crippen molar-refractivity contribution in [3.8, 4) is 5.75 Å². The van der Waals surface area contributed by atoms with Crippen LogP contribution in [0.2, 0.25) is 5.02 Å². The number of aromatic nitrogens is 1. The number of benzene rings is 2. The number of ether oxygens (including phenoxy) is 1. The lowest BCUT2D eigenvalue weighted by atomic mass is 10.2. The van der Waals surface area contributed by atoms with Crippen LogP contribution in [0.4, 0.5) is 8.78 Å². The molecular formula is C19H15ClF2N2O2S. The third-order valence-electron chi connectivity index (χ3n) is 3.60. The van der Waals surface area contributed by atoms with Crippen LogP contribution >= 0.6 is 22.9 Å². The first-order chi connectivity index (χ1) is 12.9. The van der Waals surface area contributed by atoms with Gasteiger partial charge in [0.1, 0.15) is 33.9 Å². The number of amides is 1. The van der Waals surface area contributed by atoms with Gasteiger partial charge in [0.25, 0.3) is 5.91 Å². The molecule has 27 heavy (non-hydrogen) atoms. The summed E-state index contributed by atoms with van der Waals surface area (Å²) in [6, 6.07) is 10.1. The molecule has 3 aromatic rings. The SMILES string of the molecule is Cc1nc(COc2ccc(Cl)cc2)sc1C(=O)NCc1cc(F)cc(F)c1. The molecule has 0 saturated heterocycles. The molecule has 0 saturated carbocycles. The topological polar surface area (TPSA) is 51.2 Å². The minimum Gasteiger partial charge on any atom is -0.486 e. The van der Waals surface area contributed by atoms with Crippen molar-refractivity contribution in [2.75, 3.05) is 0 Å². The standard InChI is InChI=1S/C19H15ClF2N2O2S/c1-11-18(19(25)23-9-12-6-14(21)8-15(22)7-12)27-17(24-11)10-26-16-4-2-13(20)3-5-16/h2-8H,9-10H2,1H3,(H,23,25). The number of nitrogens with zero attached hydrogens (tertiary/aromatic N) is 1. The Morgan fingerprint density at radius 3 is 2.52 bits per heavy atom. The molecule has 0 spiro atoms. The summed E-state index contributed by atoms with van der Waals surface area (Å²) in [7, 11) is 0. The van der Waals surface area contributed by atoms with Gasteiger partial charge in [-0.05, 0) is 48.9 Å². The van der Waals surface area contributed by atoms with E-state index in [0.29, 0.717) is 31.9 Å². The number of hydrogen-bond donors (Lipinski definition) is 1. The summed E-state index contributed by atoms with van der Waals surface area (Å²) < 4.78 is 32.0. The van der Waals surface area contributed by atoms with Gasteiger partial charge in [0.05, 0.1) is 5.69 Å². The summed E-state index contributed by atoms with van der Waals surface area (Å²) in [5, 5.41) is 3.90. The second-order valence-electron chi connectivity index (χ2n) is 5.73. The summed E-state index contributed by atoms with van der Waals surface area (Å²) >= 11 is 7.04. The van der Waals surface area contributed by atoms with Crippen LogP contribution in [0.3, 0.4) is 0 Å². The van der Waals surface area contributed by atoms with Crippen molar-refractivity contribution in [2.24, 2.45) is 0 Å². The van der Waals surface area contributed by atoms with Crippen LogP contribution in [0.25, 0.3) is 0 Å². The predicted molar refractivity (Wildman–Crippen MR) is 100 cm³/mol. The van der Waals surface area contributed by atoms with E-state index < -0.39 is 11.6 Å². The number of thiazole rings is 1. The third kappa shape index (κ3) is 5.24. The van der Waals surface area contributed by atoms with Gasteiger partial charge < -0.3 is 10.1 Å². The first-order valence-corrected chi connectivity index (χ1v) is 9.18. The summed E-state index contributed by atoms with van der Waals surface area (Å²) in [5.74, 6) is -1.08. The maximum Gasteiger partial charge on any atom is 0.263 e. The van der Waals surface area contributed by atoms with Crippen LogP contribution in [0.5, 0.6) is 5.75 Å². The van der Waals surface area contributed by atoms with E-state index in [0.717, 1.165) is 6.07 Å². The number of carbonyl (C=O) groups is 1. The molecule has 4 nitrogen and oxygen atoms in total. The van der Waals surface area contributed by atoms with Gasteiger partial charge in [0.2, 0.25) is 0 Å². The zero-order chi connectivity index (χ0) is 19.4. The van der Waals surface area contributed by atoms with Crippen LogP contribution in [0.15, 0.2) is 42.5 Å². The molecule has 0 bridgehead atoms. The van der Waals surface area contributed by atoms with Crippen LogP contribution in [-0.4, -0.2) is 10.9 Å². The number of carbonyl (C=O) groups excluding carboxylic acids is 1. The smallest absolute Gasteiger partial charge is 0.263 e. The minimum atomic E-state index is -0.685. The van der Waals surface area contributed by atoms with Crippen molar-refractivity contribution in [2.45, 2.75) is 20.1 Å². The largest absolute Gasteiger partial charge is 0.486 e. The average Bonchev–Trinajstić information content (AvgIpc) is 2.99. The molecule has 2 aromatic carbocycles. The van der Waals surface area contributed by atoms with Crippen LogP contribution in [0, 0.1) is 18.6 Å². The van der Waals surface area contributed by atoms with E-state index in [9.17, 15) is 13.6 Å². The van der Waals surface area contributed by atoms with Gasteiger partial charge in [-0.25, -0.2) is 13.8 Å². The van der Waals surface area contributed by atoms with Gasteiger partial charge in [0, 0.05) is 17.6 Å². The van der Waals surface area contributed by atoms with Crippen LogP contribution in [0.1, 0.15) is 25.9 Å². The van der Waals surface area contributed by atoms with E-state index in [2.05, 4.69) is 10.3 Å². The quantitative estimate of drug-likeness (QED) is 0.631. The van der Waals surface area contributed by atoms with Gasteiger partial charge in [-0.2, -0.15) is 0 Å². The third-order valence-corrected chi connectivity index (χ3v) is 4.98. The number of nitrogens with one attached hydrogen (secondary N) is 1. The Kier molecular flexibility index (Phi) is 6.03. The summed E-state index contributed by atoms with van der Waals surface area (Å²) in [4.78, 5) is 17.1. The molecule has 0 atom stereocenters. The zero-order valence-corrected chi connectivity index (χ0v) is 15.8.